The van der Waals surface area contributed by atoms with Crippen molar-refractivity contribution in [1.29, 1.82) is 0 Å². The van der Waals surface area contributed by atoms with Gasteiger partial charge in [-0.05, 0) is 12.8 Å². The summed E-state index contributed by atoms with van der Waals surface area (Å²) in [7, 11) is 1.44. The number of hydrogen-bond donors (Lipinski definition) is 1. The molecule has 0 aliphatic carbocycles. The predicted molar refractivity (Wildman–Crippen MR) is 127 cm³/mol. The largest absolute Gasteiger partial charge is 0.472 e. The van der Waals surface area contributed by atoms with E-state index in [4.69, 9.17) is 18.5 Å². The lowest BCUT2D eigenvalue weighted by atomic mass is 10.1. The van der Waals surface area contributed by atoms with Crippen LogP contribution in [-0.2, 0) is 32.7 Å². The number of carbonyl (C=O) groups is 2. The highest BCUT2D eigenvalue weighted by Gasteiger charge is 2.26. The lowest BCUT2D eigenvalue weighted by molar-refractivity contribution is -0.870. The van der Waals surface area contributed by atoms with Gasteiger partial charge in [0.25, 0.3) is 0 Å². The molecule has 0 aliphatic rings. The predicted octanol–water partition coefficient (Wildman–Crippen LogP) is 4.24. The van der Waals surface area contributed by atoms with E-state index < -0.39 is 32.5 Å². The van der Waals surface area contributed by atoms with Crippen LogP contribution in [-0.4, -0.2) is 74.9 Å². The van der Waals surface area contributed by atoms with Crippen molar-refractivity contribution in [3.8, 4) is 0 Å². The fourth-order valence-electron chi connectivity index (χ4n) is 2.69. The molecule has 0 aliphatic heterocycles. The standard InChI is InChI=1S/C23H45NO8P/c1-6-8-10-11-12-14-15-22(25)29-19-21(32-23(26)16-13-9-7-2)20-31-33(27,28)30-18-17-24(3,4)5/h21H,1-2,6-20H2,3-5H3,(H,27,28)/q-1/t21-/m1/s1. The molecule has 0 aromatic rings. The van der Waals surface area contributed by atoms with E-state index in [1.54, 1.807) is 0 Å². The molecule has 2 atom stereocenters. The number of hydrogen-bond acceptors (Lipinski definition) is 7. The molecule has 1 unspecified atom stereocenters. The second-order valence-electron chi connectivity index (χ2n) is 9.09. The van der Waals surface area contributed by atoms with Crippen LogP contribution in [0.4, 0.5) is 0 Å². The van der Waals surface area contributed by atoms with Gasteiger partial charge in [0.05, 0.1) is 27.7 Å². The van der Waals surface area contributed by atoms with Crippen molar-refractivity contribution in [2.75, 3.05) is 47.5 Å². The minimum atomic E-state index is -4.34. The molecule has 0 heterocycles. The number of esters is 2. The Morgan fingerprint density at radius 1 is 0.848 bits per heavy atom. The first-order chi connectivity index (χ1) is 15.5. The van der Waals surface area contributed by atoms with Crippen molar-refractivity contribution in [3.63, 3.8) is 0 Å². The van der Waals surface area contributed by atoms with Crippen LogP contribution in [0.5, 0.6) is 0 Å². The van der Waals surface area contributed by atoms with Gasteiger partial charge >= 0.3 is 19.8 Å². The fraction of sp³-hybridized carbons (Fsp3) is 0.826. The summed E-state index contributed by atoms with van der Waals surface area (Å²) in [4.78, 5) is 34.0. The van der Waals surface area contributed by atoms with Gasteiger partial charge in [0.15, 0.2) is 6.10 Å². The van der Waals surface area contributed by atoms with Crippen molar-refractivity contribution >= 4 is 19.8 Å². The number of quaternary nitrogens is 1. The van der Waals surface area contributed by atoms with Gasteiger partial charge in [-0.15, -0.1) is 0 Å². The average Bonchev–Trinajstić information content (AvgIpc) is 2.71. The van der Waals surface area contributed by atoms with Crippen LogP contribution in [0.25, 0.3) is 0 Å². The molecule has 0 rings (SSSR count). The quantitative estimate of drug-likeness (QED) is 0.0830. The molecule has 0 radical (unpaired) electrons. The topological polar surface area (TPSA) is 108 Å². The van der Waals surface area contributed by atoms with Gasteiger partial charge in [0.1, 0.15) is 19.8 Å². The highest BCUT2D eigenvalue weighted by atomic mass is 31.2. The summed E-state index contributed by atoms with van der Waals surface area (Å²) in [6, 6.07) is 0. The second kappa shape index (κ2) is 18.4. The Kier molecular flexibility index (Phi) is 17.8. The molecule has 0 aromatic heterocycles. The number of phosphoric acid groups is 1. The molecule has 0 aromatic carbocycles. The van der Waals surface area contributed by atoms with Crippen LogP contribution in [0, 0.1) is 13.8 Å². The Bertz CT molecular complexity index is 579. The normalized spacial score (nSPS) is 14.5. The van der Waals surface area contributed by atoms with Crippen LogP contribution in [0.2, 0.25) is 0 Å². The Hall–Kier alpha value is -0.990. The zero-order valence-electron chi connectivity index (χ0n) is 20.8. The summed E-state index contributed by atoms with van der Waals surface area (Å²) in [5.74, 6) is -0.895. The van der Waals surface area contributed by atoms with E-state index in [2.05, 4.69) is 13.8 Å². The van der Waals surface area contributed by atoms with Gasteiger partial charge in [-0.1, -0.05) is 32.1 Å². The molecule has 0 amide bonds. The molecule has 0 saturated heterocycles. The molecule has 196 valence electrons. The number of rotatable bonds is 21. The molecule has 0 bridgehead atoms. The lowest BCUT2D eigenvalue weighted by Crippen LogP contribution is -2.37. The first-order valence-corrected chi connectivity index (χ1v) is 13.3. The van der Waals surface area contributed by atoms with E-state index in [0.717, 1.165) is 38.5 Å². The minimum Gasteiger partial charge on any atom is -0.462 e. The van der Waals surface area contributed by atoms with E-state index in [-0.39, 0.29) is 26.1 Å². The van der Waals surface area contributed by atoms with Crippen LogP contribution in [0.1, 0.15) is 70.6 Å². The Morgan fingerprint density at radius 2 is 1.39 bits per heavy atom. The maximum Gasteiger partial charge on any atom is 0.472 e. The molecule has 0 spiro atoms. The smallest absolute Gasteiger partial charge is 0.462 e. The maximum absolute atomic E-state index is 12.1. The van der Waals surface area contributed by atoms with E-state index in [1.807, 2.05) is 21.1 Å². The molecule has 0 fully saturated rings. The number of phosphoric ester groups is 1. The Balaban J connectivity index is 4.57. The third kappa shape index (κ3) is 21.3. The molecule has 1 N–H and O–H groups in total. The molecular weight excluding hydrogens is 449 g/mol. The van der Waals surface area contributed by atoms with E-state index in [1.165, 1.54) is 0 Å². The van der Waals surface area contributed by atoms with Crippen LogP contribution < -0.4 is 0 Å². The highest BCUT2D eigenvalue weighted by Crippen LogP contribution is 2.43. The molecule has 33 heavy (non-hydrogen) atoms. The van der Waals surface area contributed by atoms with E-state index in [9.17, 15) is 19.0 Å². The van der Waals surface area contributed by atoms with Gasteiger partial charge < -0.3 is 32.7 Å². The van der Waals surface area contributed by atoms with E-state index >= 15 is 0 Å². The molecular formula is C23H45NO8P-. The summed E-state index contributed by atoms with van der Waals surface area (Å²) >= 11 is 0. The minimum absolute atomic E-state index is 0.0243. The number of likely N-dealkylation sites (N-methyl/N-ethyl adjacent to an activating group) is 1. The zero-order chi connectivity index (χ0) is 25.2. The van der Waals surface area contributed by atoms with Gasteiger partial charge in [-0.3, -0.25) is 18.6 Å². The molecule has 10 heteroatoms. The van der Waals surface area contributed by atoms with Gasteiger partial charge in [-0.25, -0.2) is 4.57 Å². The maximum atomic E-state index is 12.1. The number of carbonyl (C=O) groups excluding carboxylic acids is 2. The summed E-state index contributed by atoms with van der Waals surface area (Å²) in [6.07, 6.45) is 7.36. The number of ether oxygens (including phenoxy) is 2. The van der Waals surface area contributed by atoms with Gasteiger partial charge in [0, 0.05) is 12.8 Å². The summed E-state index contributed by atoms with van der Waals surface area (Å²) < 4.78 is 33.2. The highest BCUT2D eigenvalue weighted by molar-refractivity contribution is 7.47. The van der Waals surface area contributed by atoms with Crippen LogP contribution in [0.3, 0.4) is 0 Å². The monoisotopic (exact) mass is 494 g/mol. The summed E-state index contributed by atoms with van der Waals surface area (Å²) in [6.45, 7) is 7.39. The van der Waals surface area contributed by atoms with E-state index in [0.29, 0.717) is 30.3 Å². The molecule has 0 saturated carbocycles. The summed E-state index contributed by atoms with van der Waals surface area (Å²) in [5, 5.41) is 0. The SMILES string of the molecule is [CH2-]CCCCCCCC(=O)OC[C@H](COP(=O)(O)OCC[N+](C)(C)C)OC(=O)CCCC[CH2-]. The van der Waals surface area contributed by atoms with Crippen molar-refractivity contribution < 1.29 is 42.1 Å². The van der Waals surface area contributed by atoms with Crippen molar-refractivity contribution in [3.05, 3.63) is 13.8 Å². The first-order valence-electron chi connectivity index (χ1n) is 11.8. The third-order valence-electron chi connectivity index (χ3n) is 4.68. The van der Waals surface area contributed by atoms with Crippen LogP contribution >= 0.6 is 7.82 Å². The van der Waals surface area contributed by atoms with Crippen LogP contribution in [0.15, 0.2) is 0 Å². The first kappa shape index (κ1) is 32.0. The Labute approximate surface area is 200 Å². The zero-order valence-corrected chi connectivity index (χ0v) is 21.7. The molecule has 9 nitrogen and oxygen atoms in total. The van der Waals surface area contributed by atoms with Crippen molar-refractivity contribution in [2.24, 2.45) is 0 Å². The third-order valence-corrected chi connectivity index (χ3v) is 5.66. The van der Waals surface area contributed by atoms with Crippen molar-refractivity contribution in [1.82, 2.24) is 0 Å². The van der Waals surface area contributed by atoms with Crippen molar-refractivity contribution in [2.45, 2.75) is 76.7 Å². The van der Waals surface area contributed by atoms with Gasteiger partial charge in [-0.2, -0.15) is 12.8 Å². The van der Waals surface area contributed by atoms with Gasteiger partial charge in [0.2, 0.25) is 0 Å². The number of unbranched alkanes of at least 4 members (excludes halogenated alkanes) is 7. The average molecular weight is 495 g/mol. The fourth-order valence-corrected chi connectivity index (χ4v) is 3.43. The second-order valence-corrected chi connectivity index (χ2v) is 10.5. The Morgan fingerprint density at radius 3 is 2.03 bits per heavy atom. The summed E-state index contributed by atoms with van der Waals surface area (Å²) in [5.41, 5.74) is 0. The number of nitrogens with zero attached hydrogens (tertiary/aromatic N) is 1. The lowest BCUT2D eigenvalue weighted by Gasteiger charge is -2.24.